The van der Waals surface area contributed by atoms with Gasteiger partial charge in [-0.25, -0.2) is 8.42 Å². The lowest BCUT2D eigenvalue weighted by atomic mass is 9.95. The third kappa shape index (κ3) is 4.10. The molecule has 1 fully saturated rings. The highest BCUT2D eigenvalue weighted by atomic mass is 35.5. The van der Waals surface area contributed by atoms with Crippen LogP contribution >= 0.6 is 11.6 Å². The van der Waals surface area contributed by atoms with Gasteiger partial charge in [-0.2, -0.15) is 4.31 Å². The molecule has 0 radical (unpaired) electrons. The molecule has 2 rings (SSSR count). The zero-order chi connectivity index (χ0) is 16.2. The van der Waals surface area contributed by atoms with Gasteiger partial charge in [-0.15, -0.1) is 11.6 Å². The minimum Gasteiger partial charge on any atom is -0.392 e. The molecule has 1 aliphatic rings. The number of piperidine rings is 1. The summed E-state index contributed by atoms with van der Waals surface area (Å²) < 4.78 is 26.8. The van der Waals surface area contributed by atoms with Gasteiger partial charge in [0, 0.05) is 24.9 Å². The van der Waals surface area contributed by atoms with E-state index in [0.717, 1.165) is 12.0 Å². The molecule has 6 heteroatoms. The molecule has 0 aliphatic carbocycles. The first kappa shape index (κ1) is 17.5. The fourth-order valence-electron chi connectivity index (χ4n) is 2.54. The standard InChI is InChI=1S/C16H22ClNO3S/c1-13-5-7-15(8-6-13)22(20,21)18-11-9-16(19)14(12-18)4-2-3-10-17/h2,4-8,14,16,19H,3,9-12H2,1H3/b4-2+/t14-,16+/m1/s1. The highest BCUT2D eigenvalue weighted by Crippen LogP contribution is 2.25. The number of alkyl halides is 1. The van der Waals surface area contributed by atoms with E-state index < -0.39 is 16.1 Å². The fraction of sp³-hybridized carbons (Fsp3) is 0.500. The lowest BCUT2D eigenvalue weighted by molar-refractivity contribution is 0.0758. The van der Waals surface area contributed by atoms with Crippen LogP contribution in [0.4, 0.5) is 0 Å². The molecule has 0 aromatic heterocycles. The molecule has 1 heterocycles. The summed E-state index contributed by atoms with van der Waals surface area (Å²) in [5.74, 6) is 0.335. The van der Waals surface area contributed by atoms with Crippen molar-refractivity contribution in [2.75, 3.05) is 19.0 Å². The minimum absolute atomic E-state index is 0.183. The first-order valence-corrected chi connectivity index (χ1v) is 9.40. The number of hydrogen-bond acceptors (Lipinski definition) is 3. The lowest BCUT2D eigenvalue weighted by Gasteiger charge is -2.34. The molecule has 122 valence electrons. The fourth-order valence-corrected chi connectivity index (χ4v) is 4.16. The van der Waals surface area contributed by atoms with Crippen LogP contribution in [-0.4, -0.2) is 42.9 Å². The van der Waals surface area contributed by atoms with Crippen molar-refractivity contribution >= 4 is 21.6 Å². The van der Waals surface area contributed by atoms with Gasteiger partial charge in [0.25, 0.3) is 0 Å². The molecule has 22 heavy (non-hydrogen) atoms. The molecular formula is C16H22ClNO3S. The third-order valence-corrected chi connectivity index (χ3v) is 6.00. The summed E-state index contributed by atoms with van der Waals surface area (Å²) in [7, 11) is -3.50. The molecule has 0 spiro atoms. The van der Waals surface area contributed by atoms with Gasteiger partial charge in [-0.05, 0) is 31.9 Å². The smallest absolute Gasteiger partial charge is 0.243 e. The van der Waals surface area contributed by atoms with Gasteiger partial charge in [0.2, 0.25) is 10.0 Å². The van der Waals surface area contributed by atoms with Gasteiger partial charge >= 0.3 is 0 Å². The summed E-state index contributed by atoms with van der Waals surface area (Å²) in [5.41, 5.74) is 1.02. The van der Waals surface area contributed by atoms with E-state index in [9.17, 15) is 13.5 Å². The van der Waals surface area contributed by atoms with E-state index in [4.69, 9.17) is 11.6 Å². The number of aryl methyl sites for hydroxylation is 1. The van der Waals surface area contributed by atoms with Crippen molar-refractivity contribution in [2.45, 2.75) is 30.8 Å². The van der Waals surface area contributed by atoms with Gasteiger partial charge in [-0.3, -0.25) is 0 Å². The Bertz CT molecular complexity index is 613. The van der Waals surface area contributed by atoms with Crippen LogP contribution in [0.15, 0.2) is 41.3 Å². The van der Waals surface area contributed by atoms with Crippen molar-refractivity contribution in [2.24, 2.45) is 5.92 Å². The highest BCUT2D eigenvalue weighted by molar-refractivity contribution is 7.89. The maximum atomic E-state index is 12.7. The summed E-state index contributed by atoms with van der Waals surface area (Å²) in [6.45, 7) is 2.57. The second kappa shape index (κ2) is 7.59. The molecule has 4 nitrogen and oxygen atoms in total. The van der Waals surface area contributed by atoms with Crippen LogP contribution in [0, 0.1) is 12.8 Å². The zero-order valence-corrected chi connectivity index (χ0v) is 14.2. The van der Waals surface area contributed by atoms with Gasteiger partial charge in [0.15, 0.2) is 0 Å². The van der Waals surface area contributed by atoms with Gasteiger partial charge in [0.05, 0.1) is 11.0 Å². The molecule has 1 aromatic carbocycles. The maximum Gasteiger partial charge on any atom is 0.243 e. The normalized spacial score (nSPS) is 24.0. The summed E-state index contributed by atoms with van der Waals surface area (Å²) in [4.78, 5) is 0.304. The number of rotatable bonds is 5. The summed E-state index contributed by atoms with van der Waals surface area (Å²) in [5, 5.41) is 10.1. The SMILES string of the molecule is Cc1ccc(S(=O)(=O)N2CC[C@H](O)[C@H](/C=C/CCCl)C2)cc1. The van der Waals surface area contributed by atoms with E-state index in [0.29, 0.717) is 30.3 Å². The zero-order valence-electron chi connectivity index (χ0n) is 12.7. The summed E-state index contributed by atoms with van der Waals surface area (Å²) in [6, 6.07) is 6.86. The van der Waals surface area contributed by atoms with E-state index >= 15 is 0 Å². The predicted molar refractivity (Wildman–Crippen MR) is 88.5 cm³/mol. The van der Waals surface area contributed by atoms with Crippen molar-refractivity contribution in [3.8, 4) is 0 Å². The molecule has 1 N–H and O–H groups in total. The van der Waals surface area contributed by atoms with Crippen molar-refractivity contribution in [3.63, 3.8) is 0 Å². The average molecular weight is 344 g/mol. The lowest BCUT2D eigenvalue weighted by Crippen LogP contribution is -2.45. The first-order chi connectivity index (χ1) is 10.4. The van der Waals surface area contributed by atoms with Crippen LogP contribution < -0.4 is 0 Å². The van der Waals surface area contributed by atoms with E-state index in [2.05, 4.69) is 0 Å². The molecule has 1 aliphatic heterocycles. The number of nitrogens with zero attached hydrogens (tertiary/aromatic N) is 1. The monoisotopic (exact) mass is 343 g/mol. The van der Waals surface area contributed by atoms with Crippen LogP contribution in [0.5, 0.6) is 0 Å². The van der Waals surface area contributed by atoms with Crippen LogP contribution in [-0.2, 0) is 10.0 Å². The average Bonchev–Trinajstić information content (AvgIpc) is 2.49. The van der Waals surface area contributed by atoms with Crippen molar-refractivity contribution in [1.29, 1.82) is 0 Å². The maximum absolute atomic E-state index is 12.7. The van der Waals surface area contributed by atoms with Crippen LogP contribution in [0.3, 0.4) is 0 Å². The number of aliphatic hydroxyl groups is 1. The second-order valence-electron chi connectivity index (χ2n) is 5.60. The number of hydrogen-bond donors (Lipinski definition) is 1. The summed E-state index contributed by atoms with van der Waals surface area (Å²) in [6.07, 6.45) is 4.44. The van der Waals surface area contributed by atoms with Crippen LogP contribution in [0.1, 0.15) is 18.4 Å². The summed E-state index contributed by atoms with van der Waals surface area (Å²) >= 11 is 5.63. The minimum atomic E-state index is -3.50. The second-order valence-corrected chi connectivity index (χ2v) is 7.92. The Morgan fingerprint density at radius 1 is 1.36 bits per heavy atom. The number of halogens is 1. The van der Waals surface area contributed by atoms with Crippen molar-refractivity contribution in [3.05, 3.63) is 42.0 Å². The Labute approximate surface area is 137 Å². The molecule has 0 amide bonds. The Morgan fingerprint density at radius 3 is 2.68 bits per heavy atom. The van der Waals surface area contributed by atoms with Crippen LogP contribution in [0.25, 0.3) is 0 Å². The van der Waals surface area contributed by atoms with Crippen molar-refractivity contribution < 1.29 is 13.5 Å². The number of benzene rings is 1. The first-order valence-electron chi connectivity index (χ1n) is 7.42. The molecule has 1 saturated heterocycles. The molecule has 0 unspecified atom stereocenters. The van der Waals surface area contributed by atoms with Crippen LogP contribution in [0.2, 0.25) is 0 Å². The van der Waals surface area contributed by atoms with Gasteiger partial charge < -0.3 is 5.11 Å². The van der Waals surface area contributed by atoms with E-state index in [1.165, 1.54) is 4.31 Å². The predicted octanol–water partition coefficient (Wildman–Crippen LogP) is 2.55. The Morgan fingerprint density at radius 2 is 2.05 bits per heavy atom. The quantitative estimate of drug-likeness (QED) is 0.660. The number of sulfonamides is 1. The van der Waals surface area contributed by atoms with E-state index in [1.54, 1.807) is 24.3 Å². The molecule has 0 bridgehead atoms. The Hall–Kier alpha value is -0.880. The van der Waals surface area contributed by atoms with E-state index in [1.807, 2.05) is 19.1 Å². The number of allylic oxidation sites excluding steroid dienone is 1. The molecule has 1 aromatic rings. The Balaban J connectivity index is 2.15. The van der Waals surface area contributed by atoms with Gasteiger partial charge in [-0.1, -0.05) is 29.8 Å². The van der Waals surface area contributed by atoms with Crippen molar-refractivity contribution in [1.82, 2.24) is 4.31 Å². The topological polar surface area (TPSA) is 57.6 Å². The molecular weight excluding hydrogens is 322 g/mol. The molecule has 2 atom stereocenters. The number of aliphatic hydroxyl groups excluding tert-OH is 1. The largest absolute Gasteiger partial charge is 0.392 e. The Kier molecular flexibility index (Phi) is 6.03. The molecule has 0 saturated carbocycles. The highest BCUT2D eigenvalue weighted by Gasteiger charge is 2.33. The van der Waals surface area contributed by atoms with Gasteiger partial charge in [0.1, 0.15) is 0 Å². The third-order valence-electron chi connectivity index (χ3n) is 3.90. The van der Waals surface area contributed by atoms with E-state index in [-0.39, 0.29) is 5.92 Å².